The van der Waals surface area contributed by atoms with Crippen molar-refractivity contribution in [3.8, 4) is 0 Å². The van der Waals surface area contributed by atoms with E-state index >= 15 is 0 Å². The lowest BCUT2D eigenvalue weighted by Crippen LogP contribution is -2.54. The predicted molar refractivity (Wildman–Crippen MR) is 145 cm³/mol. The van der Waals surface area contributed by atoms with E-state index in [0.29, 0.717) is 17.8 Å². The van der Waals surface area contributed by atoms with E-state index in [1.165, 1.54) is 51.0 Å². The number of carbonyl (C=O) groups is 2. The minimum Gasteiger partial charge on any atom is -0.479 e. The maximum Gasteiger partial charge on any atom is 0.344 e. The summed E-state index contributed by atoms with van der Waals surface area (Å²) in [5, 5.41) is 13.7. The largest absolute Gasteiger partial charge is 0.479 e. The molecule has 37 heavy (non-hydrogen) atoms. The zero-order valence-corrected chi connectivity index (χ0v) is 23.9. The van der Waals surface area contributed by atoms with Gasteiger partial charge in [-0.05, 0) is 85.0 Å². The Kier molecular flexibility index (Phi) is 8.45. The third kappa shape index (κ3) is 5.63. The van der Waals surface area contributed by atoms with Gasteiger partial charge in [0.15, 0.2) is 0 Å². The Morgan fingerprint density at radius 3 is 2.51 bits per heavy atom. The maximum absolute atomic E-state index is 11.7. The number of nitrogens with zero attached hydrogens (tertiary/aromatic N) is 1. The first kappa shape index (κ1) is 28.2. The Hall–Kier alpha value is -1.85. The normalized spacial score (nSPS) is 38.8. The molecule has 0 bridgehead atoms. The Balaban J connectivity index is 1.62. The van der Waals surface area contributed by atoms with Gasteiger partial charge >= 0.3 is 11.9 Å². The van der Waals surface area contributed by atoms with Gasteiger partial charge in [0.05, 0.1) is 5.71 Å². The van der Waals surface area contributed by atoms with E-state index in [1.807, 2.05) is 0 Å². The second-order valence-corrected chi connectivity index (χ2v) is 13.5. The Bertz CT molecular complexity index is 925. The van der Waals surface area contributed by atoms with Gasteiger partial charge in [0.25, 0.3) is 0 Å². The van der Waals surface area contributed by atoms with Crippen molar-refractivity contribution in [2.75, 3.05) is 6.61 Å². The second-order valence-electron chi connectivity index (χ2n) is 13.5. The first-order chi connectivity index (χ1) is 17.5. The average molecular weight is 516 g/mol. The first-order valence-electron chi connectivity index (χ1n) is 14.8. The van der Waals surface area contributed by atoms with Crippen molar-refractivity contribution >= 4 is 17.7 Å². The SMILES string of the molecule is CC(=O)O[C@H]1CC[C@@]2(C)C(=C/C(=N\OCC(=O)O)[C@H]3[C@@H]4CC[C@H]([C@H](C)CCCC(C)C)[C@@]4(C)CC[C@@H]32)C1. The number of esters is 1. The van der Waals surface area contributed by atoms with Crippen LogP contribution in [-0.2, 0) is 19.2 Å². The molecule has 0 aromatic rings. The van der Waals surface area contributed by atoms with Crippen LogP contribution in [-0.4, -0.2) is 35.5 Å². The molecule has 1 N–H and O–H groups in total. The van der Waals surface area contributed by atoms with Gasteiger partial charge in [-0.25, -0.2) is 4.79 Å². The Labute approximate surface area is 223 Å². The van der Waals surface area contributed by atoms with E-state index in [4.69, 9.17) is 14.7 Å². The first-order valence-corrected chi connectivity index (χ1v) is 14.8. The van der Waals surface area contributed by atoms with Crippen molar-refractivity contribution in [1.29, 1.82) is 0 Å². The van der Waals surface area contributed by atoms with E-state index in [9.17, 15) is 9.59 Å². The molecule has 0 spiro atoms. The topological polar surface area (TPSA) is 85.2 Å². The fraction of sp³-hybridized carbons (Fsp3) is 0.839. The molecule has 0 aliphatic heterocycles. The zero-order valence-electron chi connectivity index (χ0n) is 23.9. The second kappa shape index (κ2) is 11.1. The number of carbonyl (C=O) groups excluding carboxylic acids is 1. The van der Waals surface area contributed by atoms with Crippen molar-refractivity contribution in [2.24, 2.45) is 51.5 Å². The lowest BCUT2D eigenvalue weighted by molar-refractivity contribution is -0.148. The summed E-state index contributed by atoms with van der Waals surface area (Å²) in [6.07, 6.45) is 13.6. The molecule has 0 aromatic heterocycles. The molecule has 0 saturated heterocycles. The fourth-order valence-electron chi connectivity index (χ4n) is 9.00. The van der Waals surface area contributed by atoms with E-state index in [2.05, 4.69) is 45.9 Å². The number of rotatable bonds is 9. The molecule has 0 amide bonds. The number of ether oxygens (including phenoxy) is 1. The van der Waals surface area contributed by atoms with Gasteiger partial charge in [0.1, 0.15) is 6.10 Å². The van der Waals surface area contributed by atoms with Crippen molar-refractivity contribution in [3.63, 3.8) is 0 Å². The number of hydrogen-bond donors (Lipinski definition) is 1. The molecule has 0 unspecified atom stereocenters. The Morgan fingerprint density at radius 2 is 1.84 bits per heavy atom. The van der Waals surface area contributed by atoms with E-state index in [0.717, 1.165) is 49.1 Å². The average Bonchev–Trinajstić information content (AvgIpc) is 3.16. The van der Waals surface area contributed by atoms with Crippen LogP contribution < -0.4 is 0 Å². The molecular formula is C31H49NO5. The number of fused-ring (bicyclic) bond motifs is 5. The highest BCUT2D eigenvalue weighted by atomic mass is 16.6. The van der Waals surface area contributed by atoms with Crippen LogP contribution in [0.5, 0.6) is 0 Å². The summed E-state index contributed by atoms with van der Waals surface area (Å²) in [5.41, 5.74) is 2.56. The summed E-state index contributed by atoms with van der Waals surface area (Å²) in [5.74, 6) is 2.27. The standard InChI is InChI=1S/C31H49NO5/c1-19(2)8-7-9-20(3)24-10-11-25-29-26(13-15-31(24,25)6)30(5)14-12-23(37-21(4)33)16-22(30)17-27(29)32-36-18-28(34)35/h17,19-20,23-26,29H,7-16,18H2,1-6H3,(H,34,35)/b32-27+/t20-,23+,24-,25+,26+,29+,30+,31-/m1/s1. The van der Waals surface area contributed by atoms with Crippen molar-refractivity contribution in [1.82, 2.24) is 0 Å². The van der Waals surface area contributed by atoms with Gasteiger partial charge in [-0.3, -0.25) is 4.79 Å². The highest BCUT2D eigenvalue weighted by Gasteiger charge is 2.61. The number of aliphatic carboxylic acids is 1. The van der Waals surface area contributed by atoms with Crippen molar-refractivity contribution in [3.05, 3.63) is 11.6 Å². The Morgan fingerprint density at radius 1 is 1.08 bits per heavy atom. The van der Waals surface area contributed by atoms with Gasteiger partial charge in [-0.1, -0.05) is 64.6 Å². The highest BCUT2D eigenvalue weighted by Crippen LogP contribution is 2.67. The molecule has 3 fully saturated rings. The quantitative estimate of drug-likeness (QED) is 0.263. The summed E-state index contributed by atoms with van der Waals surface area (Å²) in [6, 6.07) is 0. The molecule has 6 nitrogen and oxygen atoms in total. The van der Waals surface area contributed by atoms with Gasteiger partial charge in [0, 0.05) is 19.3 Å². The minimum atomic E-state index is -1.01. The monoisotopic (exact) mass is 515 g/mol. The molecule has 3 saturated carbocycles. The molecule has 4 aliphatic rings. The van der Waals surface area contributed by atoms with Crippen LogP contribution in [0.1, 0.15) is 106 Å². The number of allylic oxidation sites excluding steroid dienone is 1. The summed E-state index contributed by atoms with van der Waals surface area (Å²) < 4.78 is 5.61. The summed E-state index contributed by atoms with van der Waals surface area (Å²) in [7, 11) is 0. The van der Waals surface area contributed by atoms with E-state index < -0.39 is 12.6 Å². The molecule has 6 heteroatoms. The van der Waals surface area contributed by atoms with Crippen LogP contribution in [0.25, 0.3) is 0 Å². The number of carboxylic acid groups (broad SMARTS) is 1. The van der Waals surface area contributed by atoms with Crippen LogP contribution in [0.4, 0.5) is 0 Å². The maximum atomic E-state index is 11.7. The van der Waals surface area contributed by atoms with Crippen LogP contribution in [0, 0.1) is 46.3 Å². The van der Waals surface area contributed by atoms with Gasteiger partial charge in [-0.15, -0.1) is 0 Å². The van der Waals surface area contributed by atoms with Gasteiger partial charge in [0.2, 0.25) is 6.61 Å². The lowest BCUT2D eigenvalue weighted by Gasteiger charge is -2.58. The molecule has 0 heterocycles. The molecule has 4 rings (SSSR count). The molecule has 0 radical (unpaired) electrons. The van der Waals surface area contributed by atoms with Crippen LogP contribution in [0.15, 0.2) is 16.8 Å². The van der Waals surface area contributed by atoms with Crippen LogP contribution in [0.3, 0.4) is 0 Å². The molecule has 8 atom stereocenters. The number of hydrogen-bond acceptors (Lipinski definition) is 5. The van der Waals surface area contributed by atoms with E-state index in [-0.39, 0.29) is 22.9 Å². The third-order valence-electron chi connectivity index (χ3n) is 10.8. The van der Waals surface area contributed by atoms with Crippen LogP contribution >= 0.6 is 0 Å². The van der Waals surface area contributed by atoms with Gasteiger partial charge in [-0.2, -0.15) is 0 Å². The van der Waals surface area contributed by atoms with Gasteiger partial charge < -0.3 is 14.7 Å². The number of oxime groups is 1. The van der Waals surface area contributed by atoms with Crippen molar-refractivity contribution < 1.29 is 24.3 Å². The third-order valence-corrected chi connectivity index (χ3v) is 10.8. The lowest BCUT2D eigenvalue weighted by atomic mass is 9.46. The fourth-order valence-corrected chi connectivity index (χ4v) is 9.00. The molecule has 208 valence electrons. The summed E-state index contributed by atoms with van der Waals surface area (Å²) in [6.45, 7) is 13.1. The number of carboxylic acids is 1. The summed E-state index contributed by atoms with van der Waals surface area (Å²) >= 11 is 0. The smallest absolute Gasteiger partial charge is 0.344 e. The molecule has 4 aliphatic carbocycles. The van der Waals surface area contributed by atoms with E-state index in [1.54, 1.807) is 0 Å². The highest BCUT2D eigenvalue weighted by molar-refractivity contribution is 5.99. The minimum absolute atomic E-state index is 0.0649. The summed E-state index contributed by atoms with van der Waals surface area (Å²) in [4.78, 5) is 28.2. The van der Waals surface area contributed by atoms with Crippen LogP contribution in [0.2, 0.25) is 0 Å². The predicted octanol–water partition coefficient (Wildman–Crippen LogP) is 7.03. The molecule has 0 aromatic carbocycles. The van der Waals surface area contributed by atoms with Crippen molar-refractivity contribution in [2.45, 2.75) is 112 Å². The zero-order chi connectivity index (χ0) is 27.0. The molecular weight excluding hydrogens is 466 g/mol.